The molecule has 5 nitrogen and oxygen atoms in total. The van der Waals surface area contributed by atoms with Crippen LogP contribution in [0.5, 0.6) is 0 Å². The maximum atomic E-state index is 13.2. The van der Waals surface area contributed by atoms with Gasteiger partial charge in [-0.05, 0) is 51.2 Å². The van der Waals surface area contributed by atoms with Gasteiger partial charge in [-0.1, -0.05) is 43.7 Å². The highest BCUT2D eigenvalue weighted by Crippen LogP contribution is 2.35. The quantitative estimate of drug-likeness (QED) is 0.824. The molecule has 1 aromatic heterocycles. The SMILES string of the molecule is Cc1cccc(C2(CNC(=O)[C@@H](C(C)C)n3nc(C)cc3C)CCOCC2)c1. The smallest absolute Gasteiger partial charge is 0.245 e. The van der Waals surface area contributed by atoms with Gasteiger partial charge >= 0.3 is 0 Å². The maximum Gasteiger partial charge on any atom is 0.245 e. The van der Waals surface area contributed by atoms with E-state index >= 15 is 0 Å². The zero-order valence-corrected chi connectivity index (χ0v) is 17.8. The molecule has 1 amide bonds. The number of rotatable bonds is 6. The molecule has 2 aromatic rings. The number of aromatic nitrogens is 2. The minimum atomic E-state index is -0.303. The predicted octanol–water partition coefficient (Wildman–Crippen LogP) is 3.87. The standard InChI is InChI=1S/C23H33N3O2/c1-16(2)21(26-19(5)14-18(4)25-26)22(27)24-15-23(9-11-28-12-10-23)20-8-6-7-17(3)13-20/h6-8,13-14,16,21H,9-12,15H2,1-5H3,(H,24,27)/t21-/m1/s1. The minimum Gasteiger partial charge on any atom is -0.381 e. The van der Waals surface area contributed by atoms with E-state index in [0.29, 0.717) is 6.54 Å². The van der Waals surface area contributed by atoms with Gasteiger partial charge in [0.25, 0.3) is 0 Å². The predicted molar refractivity (Wildman–Crippen MR) is 111 cm³/mol. The van der Waals surface area contributed by atoms with Crippen LogP contribution in [0.15, 0.2) is 30.3 Å². The van der Waals surface area contributed by atoms with Gasteiger partial charge < -0.3 is 10.1 Å². The Morgan fingerprint density at radius 3 is 2.50 bits per heavy atom. The number of amides is 1. The molecule has 0 radical (unpaired) electrons. The number of benzene rings is 1. The average Bonchev–Trinajstić information content (AvgIpc) is 2.98. The summed E-state index contributed by atoms with van der Waals surface area (Å²) >= 11 is 0. The summed E-state index contributed by atoms with van der Waals surface area (Å²) in [5.41, 5.74) is 4.43. The first-order valence-corrected chi connectivity index (χ1v) is 10.3. The number of aryl methyl sites for hydroxylation is 3. The van der Waals surface area contributed by atoms with Crippen LogP contribution in [0.25, 0.3) is 0 Å². The molecule has 5 heteroatoms. The van der Waals surface area contributed by atoms with Crippen molar-refractivity contribution in [2.45, 2.75) is 58.9 Å². The van der Waals surface area contributed by atoms with Gasteiger partial charge in [-0.3, -0.25) is 9.48 Å². The molecule has 1 aliphatic heterocycles. The van der Waals surface area contributed by atoms with Gasteiger partial charge in [0.2, 0.25) is 5.91 Å². The van der Waals surface area contributed by atoms with E-state index in [9.17, 15) is 4.79 Å². The second-order valence-electron chi connectivity index (χ2n) is 8.54. The lowest BCUT2D eigenvalue weighted by Crippen LogP contribution is -2.47. The van der Waals surface area contributed by atoms with Gasteiger partial charge in [-0.2, -0.15) is 5.10 Å². The van der Waals surface area contributed by atoms with Gasteiger partial charge in [-0.15, -0.1) is 0 Å². The van der Waals surface area contributed by atoms with Gasteiger partial charge in [0.1, 0.15) is 6.04 Å². The van der Waals surface area contributed by atoms with Gasteiger partial charge in [0.05, 0.1) is 5.69 Å². The maximum absolute atomic E-state index is 13.2. The number of carbonyl (C=O) groups excluding carboxylic acids is 1. The van der Waals surface area contributed by atoms with Gasteiger partial charge in [0, 0.05) is 30.9 Å². The summed E-state index contributed by atoms with van der Waals surface area (Å²) in [7, 11) is 0. The lowest BCUT2D eigenvalue weighted by molar-refractivity contribution is -0.126. The van der Waals surface area contributed by atoms with Crippen molar-refractivity contribution >= 4 is 5.91 Å². The first-order chi connectivity index (χ1) is 13.3. The molecule has 0 bridgehead atoms. The van der Waals surface area contributed by atoms with E-state index in [1.807, 2.05) is 24.6 Å². The zero-order valence-electron chi connectivity index (χ0n) is 17.8. The number of nitrogens with one attached hydrogen (secondary N) is 1. The fraction of sp³-hybridized carbons (Fsp3) is 0.565. The van der Waals surface area contributed by atoms with E-state index in [2.05, 4.69) is 55.5 Å². The number of carbonyl (C=O) groups is 1. The molecule has 1 fully saturated rings. The van der Waals surface area contributed by atoms with Crippen molar-refractivity contribution in [3.63, 3.8) is 0 Å². The van der Waals surface area contributed by atoms with E-state index in [1.165, 1.54) is 11.1 Å². The van der Waals surface area contributed by atoms with Crippen molar-refractivity contribution < 1.29 is 9.53 Å². The van der Waals surface area contributed by atoms with Crippen molar-refractivity contribution in [1.82, 2.24) is 15.1 Å². The Hall–Kier alpha value is -2.14. The number of nitrogens with zero attached hydrogens (tertiary/aromatic N) is 2. The van der Waals surface area contributed by atoms with E-state index in [1.54, 1.807) is 0 Å². The highest BCUT2D eigenvalue weighted by molar-refractivity contribution is 5.80. The van der Waals surface area contributed by atoms with E-state index in [-0.39, 0.29) is 23.3 Å². The Labute approximate surface area is 168 Å². The average molecular weight is 384 g/mol. The largest absolute Gasteiger partial charge is 0.381 e. The fourth-order valence-corrected chi connectivity index (χ4v) is 4.29. The van der Waals surface area contributed by atoms with Crippen LogP contribution in [0, 0.1) is 26.7 Å². The van der Waals surface area contributed by atoms with E-state index in [0.717, 1.165) is 37.4 Å². The summed E-state index contributed by atoms with van der Waals surface area (Å²) in [5, 5.41) is 7.84. The summed E-state index contributed by atoms with van der Waals surface area (Å²) in [5.74, 6) is 0.197. The van der Waals surface area contributed by atoms with Crippen LogP contribution in [-0.2, 0) is 14.9 Å². The summed E-state index contributed by atoms with van der Waals surface area (Å²) in [6.07, 6.45) is 1.84. The van der Waals surface area contributed by atoms with E-state index < -0.39 is 0 Å². The van der Waals surface area contributed by atoms with Crippen LogP contribution in [-0.4, -0.2) is 35.4 Å². The summed E-state index contributed by atoms with van der Waals surface area (Å²) in [6, 6.07) is 10.4. The lowest BCUT2D eigenvalue weighted by atomic mass is 9.73. The Bertz CT molecular complexity index is 819. The number of hydrogen-bond donors (Lipinski definition) is 1. The van der Waals surface area contributed by atoms with Crippen LogP contribution in [0.4, 0.5) is 0 Å². The second-order valence-corrected chi connectivity index (χ2v) is 8.54. The monoisotopic (exact) mass is 383 g/mol. The summed E-state index contributed by atoms with van der Waals surface area (Å²) < 4.78 is 7.50. The molecule has 0 unspecified atom stereocenters. The highest BCUT2D eigenvalue weighted by Gasteiger charge is 2.36. The van der Waals surface area contributed by atoms with E-state index in [4.69, 9.17) is 4.74 Å². The highest BCUT2D eigenvalue weighted by atomic mass is 16.5. The first kappa shape index (κ1) is 20.6. The number of hydrogen-bond acceptors (Lipinski definition) is 3. The third kappa shape index (κ3) is 4.30. The molecule has 28 heavy (non-hydrogen) atoms. The minimum absolute atomic E-state index is 0.0414. The Morgan fingerprint density at radius 1 is 1.21 bits per heavy atom. The van der Waals surface area contributed by atoms with Crippen LogP contribution < -0.4 is 5.32 Å². The molecule has 1 N–H and O–H groups in total. The van der Waals surface area contributed by atoms with Crippen LogP contribution in [0.2, 0.25) is 0 Å². The molecule has 152 valence electrons. The molecule has 0 saturated carbocycles. The summed E-state index contributed by atoms with van der Waals surface area (Å²) in [4.78, 5) is 13.2. The molecule has 1 aliphatic rings. The molecule has 1 saturated heterocycles. The van der Waals surface area contributed by atoms with Gasteiger partial charge in [-0.25, -0.2) is 0 Å². The third-order valence-corrected chi connectivity index (χ3v) is 5.89. The molecule has 1 aromatic carbocycles. The van der Waals surface area contributed by atoms with Crippen molar-refractivity contribution in [3.8, 4) is 0 Å². The molecule has 1 atom stereocenters. The topological polar surface area (TPSA) is 56.2 Å². The van der Waals surface area contributed by atoms with Crippen molar-refractivity contribution in [2.75, 3.05) is 19.8 Å². The van der Waals surface area contributed by atoms with Crippen LogP contribution >= 0.6 is 0 Å². The Morgan fingerprint density at radius 2 is 1.93 bits per heavy atom. The molecule has 0 aliphatic carbocycles. The summed E-state index contributed by atoms with van der Waals surface area (Å²) in [6.45, 7) is 12.3. The van der Waals surface area contributed by atoms with Crippen LogP contribution in [0.1, 0.15) is 55.2 Å². The second kappa shape index (κ2) is 8.48. The molecular formula is C23H33N3O2. The molecular weight excluding hydrogens is 350 g/mol. The Balaban J connectivity index is 1.82. The van der Waals surface area contributed by atoms with Crippen molar-refractivity contribution in [1.29, 1.82) is 0 Å². The first-order valence-electron chi connectivity index (χ1n) is 10.3. The fourth-order valence-electron chi connectivity index (χ4n) is 4.29. The van der Waals surface area contributed by atoms with Gasteiger partial charge in [0.15, 0.2) is 0 Å². The van der Waals surface area contributed by atoms with Crippen molar-refractivity contribution in [2.24, 2.45) is 5.92 Å². The third-order valence-electron chi connectivity index (χ3n) is 5.89. The van der Waals surface area contributed by atoms with Crippen molar-refractivity contribution in [3.05, 3.63) is 52.8 Å². The normalized spacial score (nSPS) is 17.5. The molecule has 3 rings (SSSR count). The number of ether oxygens (including phenoxy) is 1. The Kier molecular flexibility index (Phi) is 6.23. The zero-order chi connectivity index (χ0) is 20.3. The lowest BCUT2D eigenvalue weighted by Gasteiger charge is -2.38. The molecule has 2 heterocycles. The van der Waals surface area contributed by atoms with Crippen LogP contribution in [0.3, 0.4) is 0 Å². The molecule has 0 spiro atoms.